The van der Waals surface area contributed by atoms with Crippen molar-refractivity contribution in [1.29, 1.82) is 0 Å². The van der Waals surface area contributed by atoms with Crippen molar-refractivity contribution in [3.63, 3.8) is 0 Å². The Morgan fingerprint density at radius 3 is 2.47 bits per heavy atom. The number of carboxylic acids is 1. The van der Waals surface area contributed by atoms with Crippen molar-refractivity contribution >= 4 is 22.6 Å². The Balaban J connectivity index is 2.38. The third-order valence-electron chi connectivity index (χ3n) is 3.06. The fourth-order valence-corrected chi connectivity index (χ4v) is 2.25. The van der Waals surface area contributed by atoms with E-state index in [1.54, 1.807) is 22.8 Å². The summed E-state index contributed by atoms with van der Waals surface area (Å²) in [4.78, 5) is 11.4. The van der Waals surface area contributed by atoms with E-state index >= 15 is 0 Å². The molecule has 0 aliphatic heterocycles. The number of nitrogens with zero attached hydrogens (tertiary/aromatic N) is 1. The molecule has 0 saturated heterocycles. The maximum Gasteiger partial charge on any atom is 0.352 e. The normalized spacial score (nSPS) is 10.7. The quantitative estimate of drug-likeness (QED) is 0.689. The van der Waals surface area contributed by atoms with Gasteiger partial charge in [-0.05, 0) is 36.4 Å². The predicted octanol–water partition coefficient (Wildman–Crippen LogP) is 2.91. The van der Waals surface area contributed by atoms with Crippen LogP contribution >= 0.6 is 0 Å². The second kappa shape index (κ2) is 4.17. The van der Waals surface area contributed by atoms with Gasteiger partial charge in [-0.15, -0.1) is 0 Å². The lowest BCUT2D eigenvalue weighted by atomic mass is 10.2. The number of anilines is 1. The number of carboxylic acid groups (broad SMARTS) is 1. The molecule has 19 heavy (non-hydrogen) atoms. The summed E-state index contributed by atoms with van der Waals surface area (Å²) in [5, 5.41) is 10.2. The first-order chi connectivity index (χ1) is 9.16. The Morgan fingerprint density at radius 2 is 1.79 bits per heavy atom. The number of aromatic carboxylic acids is 1. The standard InChI is InChI=1S/C15H12N2O2/c16-11-6-7-13-10(8-11)9-14(15(18)19)17(13)12-4-2-1-3-5-12/h1-9H,16H2,(H,18,19). The van der Waals surface area contributed by atoms with Crippen LogP contribution in [0.5, 0.6) is 0 Å². The van der Waals surface area contributed by atoms with Crippen molar-refractivity contribution in [2.75, 3.05) is 5.73 Å². The monoisotopic (exact) mass is 252 g/mol. The van der Waals surface area contributed by atoms with Crippen LogP contribution < -0.4 is 5.73 Å². The van der Waals surface area contributed by atoms with E-state index in [1.165, 1.54) is 0 Å². The van der Waals surface area contributed by atoms with Gasteiger partial charge in [-0.2, -0.15) is 0 Å². The average molecular weight is 252 g/mol. The number of hydrogen-bond donors (Lipinski definition) is 2. The molecule has 0 aliphatic rings. The second-order valence-corrected chi connectivity index (χ2v) is 4.32. The highest BCUT2D eigenvalue weighted by molar-refractivity contribution is 5.97. The van der Waals surface area contributed by atoms with Gasteiger partial charge >= 0.3 is 5.97 Å². The summed E-state index contributed by atoms with van der Waals surface area (Å²) in [5.41, 5.74) is 8.24. The Bertz CT molecular complexity index is 760. The van der Waals surface area contributed by atoms with Crippen molar-refractivity contribution in [3.8, 4) is 5.69 Å². The van der Waals surface area contributed by atoms with Gasteiger partial charge < -0.3 is 15.4 Å². The van der Waals surface area contributed by atoms with Gasteiger partial charge in [0, 0.05) is 16.8 Å². The molecule has 3 aromatic rings. The molecule has 1 aromatic heterocycles. The highest BCUT2D eigenvalue weighted by atomic mass is 16.4. The fourth-order valence-electron chi connectivity index (χ4n) is 2.25. The van der Waals surface area contributed by atoms with Crippen molar-refractivity contribution < 1.29 is 9.90 Å². The molecule has 4 nitrogen and oxygen atoms in total. The Hall–Kier alpha value is -2.75. The smallest absolute Gasteiger partial charge is 0.352 e. The first-order valence-corrected chi connectivity index (χ1v) is 5.86. The maximum atomic E-state index is 11.4. The van der Waals surface area contributed by atoms with E-state index in [-0.39, 0.29) is 5.69 Å². The second-order valence-electron chi connectivity index (χ2n) is 4.32. The van der Waals surface area contributed by atoms with Crippen molar-refractivity contribution in [2.24, 2.45) is 0 Å². The summed E-state index contributed by atoms with van der Waals surface area (Å²) >= 11 is 0. The largest absolute Gasteiger partial charge is 0.477 e. The lowest BCUT2D eigenvalue weighted by molar-refractivity contribution is 0.0688. The minimum atomic E-state index is -0.960. The molecule has 3 N–H and O–H groups in total. The van der Waals surface area contributed by atoms with E-state index in [9.17, 15) is 9.90 Å². The molecule has 0 bridgehead atoms. The van der Waals surface area contributed by atoms with Crippen LogP contribution in [0.3, 0.4) is 0 Å². The predicted molar refractivity (Wildman–Crippen MR) is 74.6 cm³/mol. The number of hydrogen-bond acceptors (Lipinski definition) is 2. The summed E-state index contributed by atoms with van der Waals surface area (Å²) < 4.78 is 1.72. The van der Waals surface area contributed by atoms with Crippen LogP contribution in [0.1, 0.15) is 10.5 Å². The SMILES string of the molecule is Nc1ccc2c(c1)cc(C(=O)O)n2-c1ccccc1. The van der Waals surface area contributed by atoms with Crippen LogP contribution in [0.25, 0.3) is 16.6 Å². The highest BCUT2D eigenvalue weighted by Crippen LogP contribution is 2.26. The Morgan fingerprint density at radius 1 is 1.05 bits per heavy atom. The number of rotatable bonds is 2. The van der Waals surface area contributed by atoms with Gasteiger partial charge in [0.15, 0.2) is 0 Å². The van der Waals surface area contributed by atoms with Crippen molar-refractivity contribution in [2.45, 2.75) is 0 Å². The molecular weight excluding hydrogens is 240 g/mol. The molecule has 0 radical (unpaired) electrons. The number of benzene rings is 2. The van der Waals surface area contributed by atoms with E-state index in [0.29, 0.717) is 5.69 Å². The van der Waals surface area contributed by atoms with Gasteiger partial charge in [-0.25, -0.2) is 4.79 Å². The molecule has 1 heterocycles. The number of nitrogen functional groups attached to an aromatic ring is 1. The molecule has 2 aromatic carbocycles. The van der Waals surface area contributed by atoms with E-state index in [1.807, 2.05) is 36.4 Å². The molecule has 0 fully saturated rings. The van der Waals surface area contributed by atoms with Gasteiger partial charge in [-0.3, -0.25) is 0 Å². The molecule has 0 atom stereocenters. The van der Waals surface area contributed by atoms with Crippen LogP contribution in [-0.2, 0) is 0 Å². The molecular formula is C15H12N2O2. The number of aromatic nitrogens is 1. The molecule has 0 spiro atoms. The van der Waals surface area contributed by atoms with E-state index < -0.39 is 5.97 Å². The minimum Gasteiger partial charge on any atom is -0.477 e. The minimum absolute atomic E-state index is 0.229. The summed E-state index contributed by atoms with van der Waals surface area (Å²) in [5.74, 6) is -0.960. The zero-order valence-corrected chi connectivity index (χ0v) is 10.1. The van der Waals surface area contributed by atoms with Gasteiger partial charge in [0.25, 0.3) is 0 Å². The molecule has 4 heteroatoms. The van der Waals surface area contributed by atoms with Crippen LogP contribution in [0.2, 0.25) is 0 Å². The first-order valence-electron chi connectivity index (χ1n) is 5.86. The van der Waals surface area contributed by atoms with Crippen LogP contribution in [0, 0.1) is 0 Å². The highest BCUT2D eigenvalue weighted by Gasteiger charge is 2.15. The zero-order chi connectivity index (χ0) is 13.4. The van der Waals surface area contributed by atoms with E-state index in [4.69, 9.17) is 5.73 Å². The zero-order valence-electron chi connectivity index (χ0n) is 10.1. The molecule has 0 saturated carbocycles. The molecule has 0 unspecified atom stereocenters. The number of carbonyl (C=O) groups is 1. The van der Waals surface area contributed by atoms with Gasteiger partial charge in [0.2, 0.25) is 0 Å². The third kappa shape index (κ3) is 1.83. The topological polar surface area (TPSA) is 68.2 Å². The van der Waals surface area contributed by atoms with Crippen LogP contribution in [-0.4, -0.2) is 15.6 Å². The van der Waals surface area contributed by atoms with E-state index in [0.717, 1.165) is 16.6 Å². The summed E-state index contributed by atoms with van der Waals surface area (Å²) in [6.07, 6.45) is 0. The van der Waals surface area contributed by atoms with Crippen molar-refractivity contribution in [1.82, 2.24) is 4.57 Å². The lowest BCUT2D eigenvalue weighted by Gasteiger charge is -2.08. The maximum absolute atomic E-state index is 11.4. The van der Waals surface area contributed by atoms with Crippen molar-refractivity contribution in [3.05, 3.63) is 60.3 Å². The Kier molecular flexibility index (Phi) is 2.49. The number of para-hydroxylation sites is 1. The van der Waals surface area contributed by atoms with Crippen LogP contribution in [0.4, 0.5) is 5.69 Å². The van der Waals surface area contributed by atoms with Crippen LogP contribution in [0.15, 0.2) is 54.6 Å². The van der Waals surface area contributed by atoms with Gasteiger partial charge in [0.05, 0.1) is 5.52 Å². The summed E-state index contributed by atoms with van der Waals surface area (Å²) in [7, 11) is 0. The summed E-state index contributed by atoms with van der Waals surface area (Å²) in [6.45, 7) is 0. The number of nitrogens with two attached hydrogens (primary N) is 1. The molecule has 0 amide bonds. The molecule has 94 valence electrons. The molecule has 3 rings (SSSR count). The summed E-state index contributed by atoms with van der Waals surface area (Å²) in [6, 6.07) is 16.4. The van der Waals surface area contributed by atoms with Gasteiger partial charge in [-0.1, -0.05) is 18.2 Å². The Labute approximate surface area is 109 Å². The van der Waals surface area contributed by atoms with E-state index in [2.05, 4.69) is 0 Å². The average Bonchev–Trinajstić information content (AvgIpc) is 2.78. The third-order valence-corrected chi connectivity index (χ3v) is 3.06. The fraction of sp³-hybridized carbons (Fsp3) is 0. The molecule has 0 aliphatic carbocycles. The number of fused-ring (bicyclic) bond motifs is 1. The first kappa shape index (κ1) is 11.3. The lowest BCUT2D eigenvalue weighted by Crippen LogP contribution is -2.06. The van der Waals surface area contributed by atoms with Gasteiger partial charge in [0.1, 0.15) is 5.69 Å².